The number of likely N-dealkylation sites (tertiary alicyclic amines) is 1. The van der Waals surface area contributed by atoms with Crippen LogP contribution in [-0.4, -0.2) is 108 Å². The number of hydrogen-bond donors (Lipinski definition) is 0. The van der Waals surface area contributed by atoms with Crippen molar-refractivity contribution < 1.29 is 22.8 Å². The number of aromatic nitrogens is 1. The third-order valence-electron chi connectivity index (χ3n) is 7.46. The Morgan fingerprint density at radius 3 is 2.47 bits per heavy atom. The lowest BCUT2D eigenvalue weighted by atomic mass is 9.91. The molecule has 3 fully saturated rings. The van der Waals surface area contributed by atoms with Gasteiger partial charge in [-0.2, -0.15) is 4.31 Å². The molecule has 0 bridgehead atoms. The molecule has 0 aromatic carbocycles. The molecule has 0 radical (unpaired) electrons. The number of hydrogen-bond acceptors (Lipinski definition) is 7. The molecule has 2 amide bonds. The van der Waals surface area contributed by atoms with Gasteiger partial charge in [-0.05, 0) is 37.9 Å². The Labute approximate surface area is 213 Å². The minimum Gasteiger partial charge on any atom is -0.340 e. The topological polar surface area (TPSA) is 111 Å². The van der Waals surface area contributed by atoms with Gasteiger partial charge in [0.2, 0.25) is 21.8 Å². The third-order valence-corrected chi connectivity index (χ3v) is 9.23. The summed E-state index contributed by atoms with van der Waals surface area (Å²) in [4.78, 5) is 49.4. The molecule has 4 heterocycles. The highest BCUT2D eigenvalue weighted by Gasteiger charge is 2.54. The maximum Gasteiger partial charge on any atom is 0.226 e. The molecule has 0 spiro atoms. The van der Waals surface area contributed by atoms with Gasteiger partial charge in [-0.1, -0.05) is 19.9 Å². The second-order valence-electron chi connectivity index (χ2n) is 10.6. The van der Waals surface area contributed by atoms with Crippen LogP contribution in [0.1, 0.15) is 38.8 Å². The summed E-state index contributed by atoms with van der Waals surface area (Å²) in [6, 6.07) is 3.73. The number of ketones is 1. The molecule has 1 aromatic heterocycles. The van der Waals surface area contributed by atoms with Gasteiger partial charge in [-0.15, -0.1) is 0 Å². The van der Waals surface area contributed by atoms with Gasteiger partial charge in [0, 0.05) is 51.3 Å². The van der Waals surface area contributed by atoms with Gasteiger partial charge < -0.3 is 14.7 Å². The summed E-state index contributed by atoms with van der Waals surface area (Å²) in [6.07, 6.45) is 2.61. The number of carbonyl (C=O) groups is 3. The van der Waals surface area contributed by atoms with E-state index in [-0.39, 0.29) is 42.2 Å². The first kappa shape index (κ1) is 26.7. The number of likely N-dealkylation sites (N-methyl/N-ethyl adjacent to an activating group) is 1. The molecule has 0 saturated carbocycles. The second kappa shape index (κ2) is 10.9. The van der Waals surface area contributed by atoms with E-state index >= 15 is 0 Å². The molecule has 198 valence electrons. The molecule has 1 aromatic rings. The van der Waals surface area contributed by atoms with E-state index in [2.05, 4.69) is 9.88 Å². The van der Waals surface area contributed by atoms with Crippen molar-refractivity contribution in [3.05, 3.63) is 30.1 Å². The second-order valence-corrected chi connectivity index (χ2v) is 12.6. The Morgan fingerprint density at radius 2 is 1.83 bits per heavy atom. The number of nitrogens with zero attached hydrogens (tertiary/aromatic N) is 5. The molecular weight excluding hydrogens is 482 g/mol. The minimum absolute atomic E-state index is 0.0323. The zero-order valence-corrected chi connectivity index (χ0v) is 22.2. The summed E-state index contributed by atoms with van der Waals surface area (Å²) in [5, 5.41) is 0. The maximum absolute atomic E-state index is 13.7. The molecule has 4 rings (SSSR count). The number of sulfonamides is 1. The summed E-state index contributed by atoms with van der Waals surface area (Å²) in [5.41, 5.74) is 0.416. The summed E-state index contributed by atoms with van der Waals surface area (Å²) < 4.78 is 27.6. The molecule has 3 unspecified atom stereocenters. The van der Waals surface area contributed by atoms with Crippen molar-refractivity contribution in [2.75, 3.05) is 46.3 Å². The highest BCUT2D eigenvalue weighted by Crippen LogP contribution is 2.34. The number of carbonyl (C=O) groups excluding carboxylic acids is 3. The molecule has 0 aliphatic carbocycles. The first-order chi connectivity index (χ1) is 17.1. The molecule has 0 N–H and O–H groups in total. The van der Waals surface area contributed by atoms with Gasteiger partial charge in [-0.25, -0.2) is 8.42 Å². The van der Waals surface area contributed by atoms with Crippen molar-refractivity contribution in [1.82, 2.24) is 24.0 Å². The van der Waals surface area contributed by atoms with Crippen molar-refractivity contribution in [1.29, 1.82) is 0 Å². The Balaban J connectivity index is 1.47. The van der Waals surface area contributed by atoms with Crippen LogP contribution in [0.15, 0.2) is 24.4 Å². The number of fused-ring (bicyclic) bond motifs is 1. The highest BCUT2D eigenvalue weighted by molar-refractivity contribution is 7.88. The van der Waals surface area contributed by atoms with E-state index in [9.17, 15) is 22.8 Å². The molecule has 36 heavy (non-hydrogen) atoms. The van der Waals surface area contributed by atoms with E-state index < -0.39 is 28.0 Å². The quantitative estimate of drug-likeness (QED) is 0.494. The number of Topliss-reactive ketones (excluding diaryl/α,β-unsaturated/α-hetero) is 1. The summed E-state index contributed by atoms with van der Waals surface area (Å²) >= 11 is 0. The van der Waals surface area contributed by atoms with E-state index in [1.807, 2.05) is 25.8 Å². The van der Waals surface area contributed by atoms with E-state index in [0.717, 1.165) is 13.1 Å². The van der Waals surface area contributed by atoms with Crippen LogP contribution in [0.4, 0.5) is 0 Å². The Kier molecular flexibility index (Phi) is 8.11. The van der Waals surface area contributed by atoms with E-state index in [1.165, 1.54) is 10.5 Å². The van der Waals surface area contributed by atoms with Crippen molar-refractivity contribution in [2.24, 2.45) is 11.8 Å². The summed E-state index contributed by atoms with van der Waals surface area (Å²) in [5.74, 6) is -1.11. The van der Waals surface area contributed by atoms with Gasteiger partial charge in [-0.3, -0.25) is 19.4 Å². The highest BCUT2D eigenvalue weighted by atomic mass is 32.2. The first-order valence-corrected chi connectivity index (χ1v) is 14.4. The van der Waals surface area contributed by atoms with Crippen LogP contribution in [-0.2, 0) is 30.2 Å². The van der Waals surface area contributed by atoms with Crippen LogP contribution in [0, 0.1) is 11.8 Å². The van der Waals surface area contributed by atoms with Crippen molar-refractivity contribution in [2.45, 2.75) is 50.9 Å². The van der Waals surface area contributed by atoms with E-state index in [4.69, 9.17) is 0 Å². The fourth-order valence-corrected chi connectivity index (χ4v) is 7.27. The van der Waals surface area contributed by atoms with Crippen LogP contribution in [0.2, 0.25) is 0 Å². The largest absolute Gasteiger partial charge is 0.340 e. The lowest BCUT2D eigenvalue weighted by molar-refractivity contribution is -0.144. The molecule has 3 atom stereocenters. The minimum atomic E-state index is -3.78. The van der Waals surface area contributed by atoms with Gasteiger partial charge >= 0.3 is 0 Å². The molecular formula is C25H37N5O5S. The monoisotopic (exact) mass is 519 g/mol. The SMILES string of the molecule is CC(C)CC(CC(=O)N1CCN(C)CC1)C(=O)N1CCC2C1C(=O)CN2S(=O)(=O)Cc1ccccn1. The number of rotatable bonds is 8. The number of piperazine rings is 1. The van der Waals surface area contributed by atoms with Crippen molar-refractivity contribution >= 4 is 27.6 Å². The number of amides is 2. The van der Waals surface area contributed by atoms with E-state index in [0.29, 0.717) is 38.2 Å². The van der Waals surface area contributed by atoms with Crippen molar-refractivity contribution in [3.8, 4) is 0 Å². The zero-order valence-electron chi connectivity index (χ0n) is 21.4. The Bertz CT molecular complexity index is 1070. The predicted octanol–water partition coefficient (Wildman–Crippen LogP) is 0.592. The van der Waals surface area contributed by atoms with Crippen LogP contribution in [0.5, 0.6) is 0 Å². The fraction of sp³-hybridized carbons (Fsp3) is 0.680. The maximum atomic E-state index is 13.7. The molecule has 3 aliphatic rings. The average molecular weight is 520 g/mol. The normalized spacial score (nSPS) is 24.4. The molecule has 3 saturated heterocycles. The Hall–Kier alpha value is -2.37. The van der Waals surface area contributed by atoms with Crippen molar-refractivity contribution in [3.63, 3.8) is 0 Å². The molecule has 3 aliphatic heterocycles. The number of pyridine rings is 1. The van der Waals surface area contributed by atoms with Gasteiger partial charge in [0.1, 0.15) is 11.8 Å². The van der Waals surface area contributed by atoms with Gasteiger partial charge in [0.25, 0.3) is 0 Å². The third kappa shape index (κ3) is 5.78. The fourth-order valence-electron chi connectivity index (χ4n) is 5.61. The van der Waals surface area contributed by atoms with Crippen LogP contribution >= 0.6 is 0 Å². The molecule has 11 heteroatoms. The smallest absolute Gasteiger partial charge is 0.226 e. The van der Waals surface area contributed by atoms with Crippen LogP contribution < -0.4 is 0 Å². The Morgan fingerprint density at radius 1 is 1.11 bits per heavy atom. The van der Waals surface area contributed by atoms with Crippen LogP contribution in [0.25, 0.3) is 0 Å². The zero-order chi connectivity index (χ0) is 26.0. The first-order valence-electron chi connectivity index (χ1n) is 12.8. The summed E-state index contributed by atoms with van der Waals surface area (Å²) in [6.45, 7) is 7.02. The lowest BCUT2D eigenvalue weighted by Gasteiger charge is -2.34. The van der Waals surface area contributed by atoms with Crippen LogP contribution in [0.3, 0.4) is 0 Å². The standard InChI is InChI=1S/C25H37N5O5S/c1-18(2)14-19(15-23(32)28-12-10-27(3)11-13-28)25(33)29-9-7-21-24(29)22(31)16-30(21)36(34,35)17-20-6-4-5-8-26-20/h4-6,8,18-19,21,24H,7,9-17H2,1-3H3. The predicted molar refractivity (Wildman–Crippen MR) is 134 cm³/mol. The lowest BCUT2D eigenvalue weighted by Crippen LogP contribution is -2.49. The van der Waals surface area contributed by atoms with Gasteiger partial charge in [0.05, 0.1) is 18.3 Å². The summed E-state index contributed by atoms with van der Waals surface area (Å²) in [7, 11) is -1.76. The average Bonchev–Trinajstić information content (AvgIpc) is 3.40. The molecule has 10 nitrogen and oxygen atoms in total. The van der Waals surface area contributed by atoms with Gasteiger partial charge in [0.15, 0.2) is 5.78 Å². The van der Waals surface area contributed by atoms with E-state index in [1.54, 1.807) is 23.1 Å².